The van der Waals surface area contributed by atoms with Crippen LogP contribution in [0.15, 0.2) is 176 Å². The van der Waals surface area contributed by atoms with Gasteiger partial charge in [-0.05, 0) is 73.5 Å². The third-order valence-electron chi connectivity index (χ3n) is 10.5. The summed E-state index contributed by atoms with van der Waals surface area (Å²) in [6.45, 7) is 0. The van der Waals surface area contributed by atoms with Crippen molar-refractivity contribution in [2.45, 2.75) is 0 Å². The third-order valence-corrected chi connectivity index (χ3v) is 10.5. The quantitative estimate of drug-likeness (QED) is 0.178. The van der Waals surface area contributed by atoms with E-state index in [1.807, 2.05) is 0 Å². The van der Waals surface area contributed by atoms with Gasteiger partial charge in [-0.15, -0.1) is 0 Å². The molecule has 0 aliphatic heterocycles. The number of benzene rings is 9. The largest absolute Gasteiger partial charge is 0.278 e. The zero-order valence-corrected chi connectivity index (χ0v) is 27.6. The molecule has 3 nitrogen and oxygen atoms in total. The first-order valence-corrected chi connectivity index (χ1v) is 17.4. The fourth-order valence-corrected chi connectivity index (χ4v) is 8.23. The van der Waals surface area contributed by atoms with E-state index in [-0.39, 0.29) is 0 Å². The van der Waals surface area contributed by atoms with Crippen LogP contribution in [0.3, 0.4) is 0 Å². The second-order valence-electron chi connectivity index (χ2n) is 13.4. The minimum atomic E-state index is 0.671. The Balaban J connectivity index is 1.23. The van der Waals surface area contributed by atoms with Crippen molar-refractivity contribution in [2.75, 3.05) is 0 Å². The van der Waals surface area contributed by atoms with E-state index in [0.29, 0.717) is 5.95 Å². The summed E-state index contributed by atoms with van der Waals surface area (Å²) in [5, 5.41) is 11.0. The van der Waals surface area contributed by atoms with E-state index in [1.165, 1.54) is 65.3 Å². The molecule has 0 amide bonds. The van der Waals surface area contributed by atoms with E-state index in [1.54, 1.807) is 0 Å². The van der Waals surface area contributed by atoms with Crippen molar-refractivity contribution in [1.82, 2.24) is 14.5 Å². The van der Waals surface area contributed by atoms with E-state index in [0.717, 1.165) is 33.2 Å². The molecule has 2 heterocycles. The lowest BCUT2D eigenvalue weighted by Crippen LogP contribution is -2.03. The molecule has 0 aliphatic carbocycles. The van der Waals surface area contributed by atoms with Crippen molar-refractivity contribution in [1.29, 1.82) is 0 Å². The maximum Gasteiger partial charge on any atom is 0.235 e. The Hall–Kier alpha value is -6.84. The number of hydrogen-bond acceptors (Lipinski definition) is 2. The zero-order chi connectivity index (χ0) is 33.5. The van der Waals surface area contributed by atoms with E-state index in [9.17, 15) is 0 Å². The molecule has 0 fully saturated rings. The van der Waals surface area contributed by atoms with Crippen LogP contribution in [0.2, 0.25) is 0 Å². The standard InChI is InChI=1S/C48H29N3/c1-3-12-30(13-4-1)32-22-24-33(25-23-32)47-39-18-9-10-20-41(39)49-48(50-47)51-42-21-11-19-38-36-16-7-8-17-37(36)44-40-28-34(31-14-5-2-6-15-31)26-27-35(40)29-43(51)46(44)45(38)42/h1-29H. The first-order chi connectivity index (χ1) is 25.3. The Morgan fingerprint density at radius 2 is 0.922 bits per heavy atom. The predicted octanol–water partition coefficient (Wildman–Crippen LogP) is 12.6. The van der Waals surface area contributed by atoms with Crippen LogP contribution >= 0.6 is 0 Å². The molecule has 0 radical (unpaired) electrons. The molecule has 11 rings (SSSR count). The lowest BCUT2D eigenvalue weighted by Gasteiger charge is -2.13. The van der Waals surface area contributed by atoms with Gasteiger partial charge in [0.25, 0.3) is 0 Å². The molecule has 51 heavy (non-hydrogen) atoms. The Morgan fingerprint density at radius 3 is 1.71 bits per heavy atom. The molecule has 0 saturated heterocycles. The minimum Gasteiger partial charge on any atom is -0.278 e. The molecule has 236 valence electrons. The Bertz CT molecular complexity index is 3110. The fraction of sp³-hybridized carbons (Fsp3) is 0. The van der Waals surface area contributed by atoms with Crippen LogP contribution in [0, 0.1) is 0 Å². The van der Waals surface area contributed by atoms with E-state index < -0.39 is 0 Å². The highest BCUT2D eigenvalue weighted by Crippen LogP contribution is 2.47. The maximum absolute atomic E-state index is 5.43. The second kappa shape index (κ2) is 10.8. The molecule has 9 aromatic carbocycles. The summed E-state index contributed by atoms with van der Waals surface area (Å²) in [6, 6.07) is 63.0. The highest BCUT2D eigenvalue weighted by atomic mass is 15.2. The average molecular weight is 648 g/mol. The van der Waals surface area contributed by atoms with Crippen molar-refractivity contribution in [3.05, 3.63) is 176 Å². The van der Waals surface area contributed by atoms with Gasteiger partial charge < -0.3 is 0 Å². The molecule has 0 N–H and O–H groups in total. The highest BCUT2D eigenvalue weighted by Gasteiger charge is 2.23. The van der Waals surface area contributed by atoms with Gasteiger partial charge in [-0.3, -0.25) is 4.57 Å². The first kappa shape index (κ1) is 28.0. The molecule has 2 aromatic heterocycles. The summed E-state index contributed by atoms with van der Waals surface area (Å²) in [5.41, 5.74) is 9.94. The van der Waals surface area contributed by atoms with E-state index >= 15 is 0 Å². The normalized spacial score (nSPS) is 11.9. The van der Waals surface area contributed by atoms with Gasteiger partial charge in [-0.1, -0.05) is 152 Å². The predicted molar refractivity (Wildman–Crippen MR) is 214 cm³/mol. The van der Waals surface area contributed by atoms with Gasteiger partial charge in [-0.25, -0.2) is 9.97 Å². The van der Waals surface area contributed by atoms with E-state index in [2.05, 4.69) is 180 Å². The summed E-state index contributed by atoms with van der Waals surface area (Å²) >= 11 is 0. The van der Waals surface area contributed by atoms with Crippen LogP contribution in [0.5, 0.6) is 0 Å². The lowest BCUT2D eigenvalue weighted by molar-refractivity contribution is 1.01. The SMILES string of the molecule is c1ccc(-c2ccc(-c3nc(-n4c5cccc6c7ccccc7c7c8cc(-c9ccccc9)ccc8cc4c7c65)nc4ccccc34)cc2)cc1. The molecule has 0 unspecified atom stereocenters. The van der Waals surface area contributed by atoms with Crippen molar-refractivity contribution in [3.63, 3.8) is 0 Å². The fourth-order valence-electron chi connectivity index (χ4n) is 8.23. The average Bonchev–Trinajstić information content (AvgIpc) is 3.54. The molecule has 0 aliphatic rings. The van der Waals surface area contributed by atoms with Crippen LogP contribution in [-0.4, -0.2) is 14.5 Å². The first-order valence-electron chi connectivity index (χ1n) is 17.4. The van der Waals surface area contributed by atoms with Crippen molar-refractivity contribution in [2.24, 2.45) is 0 Å². The summed E-state index contributed by atoms with van der Waals surface area (Å²) in [6.07, 6.45) is 0. The van der Waals surface area contributed by atoms with Gasteiger partial charge >= 0.3 is 0 Å². The Kier molecular flexibility index (Phi) is 5.96. The minimum absolute atomic E-state index is 0.671. The van der Waals surface area contributed by atoms with Crippen LogP contribution in [0.1, 0.15) is 0 Å². The second-order valence-corrected chi connectivity index (χ2v) is 13.4. The molecular weight excluding hydrogens is 619 g/mol. The topological polar surface area (TPSA) is 30.7 Å². The number of rotatable bonds is 4. The third kappa shape index (κ3) is 4.19. The van der Waals surface area contributed by atoms with Crippen LogP contribution < -0.4 is 0 Å². The Morgan fingerprint density at radius 1 is 0.333 bits per heavy atom. The van der Waals surface area contributed by atoms with Crippen LogP contribution in [0.4, 0.5) is 0 Å². The van der Waals surface area contributed by atoms with Gasteiger partial charge in [0.15, 0.2) is 0 Å². The van der Waals surface area contributed by atoms with Gasteiger partial charge in [0.05, 0.1) is 22.2 Å². The van der Waals surface area contributed by atoms with E-state index in [4.69, 9.17) is 9.97 Å². The van der Waals surface area contributed by atoms with Crippen LogP contribution in [0.25, 0.3) is 104 Å². The number of nitrogens with zero attached hydrogens (tertiary/aromatic N) is 3. The number of aromatic nitrogens is 3. The lowest BCUT2D eigenvalue weighted by atomic mass is 9.90. The summed E-state index contributed by atoms with van der Waals surface area (Å²) in [4.78, 5) is 10.7. The van der Waals surface area contributed by atoms with Gasteiger partial charge in [0.2, 0.25) is 5.95 Å². The summed E-state index contributed by atoms with van der Waals surface area (Å²) in [7, 11) is 0. The van der Waals surface area contributed by atoms with Gasteiger partial charge in [0, 0.05) is 27.1 Å². The zero-order valence-electron chi connectivity index (χ0n) is 27.6. The molecule has 0 saturated carbocycles. The molecule has 3 heteroatoms. The number of hydrogen-bond donors (Lipinski definition) is 0. The van der Waals surface area contributed by atoms with Crippen molar-refractivity contribution < 1.29 is 0 Å². The van der Waals surface area contributed by atoms with Crippen molar-refractivity contribution in [3.8, 4) is 39.5 Å². The molecular formula is C48H29N3. The highest BCUT2D eigenvalue weighted by molar-refractivity contribution is 6.39. The molecule has 11 aromatic rings. The molecule has 0 atom stereocenters. The Labute approximate surface area is 294 Å². The molecule has 0 spiro atoms. The van der Waals surface area contributed by atoms with Crippen molar-refractivity contribution >= 4 is 65.0 Å². The monoisotopic (exact) mass is 647 g/mol. The molecule has 0 bridgehead atoms. The van der Waals surface area contributed by atoms with Crippen LogP contribution in [-0.2, 0) is 0 Å². The summed E-state index contributed by atoms with van der Waals surface area (Å²) in [5.74, 6) is 0.671. The van der Waals surface area contributed by atoms with Gasteiger partial charge in [-0.2, -0.15) is 0 Å². The summed E-state index contributed by atoms with van der Waals surface area (Å²) < 4.78 is 2.29. The number of fused-ring (bicyclic) bond motifs is 6. The maximum atomic E-state index is 5.43. The van der Waals surface area contributed by atoms with Gasteiger partial charge in [0.1, 0.15) is 0 Å². The number of para-hydroxylation sites is 1. The smallest absolute Gasteiger partial charge is 0.235 e.